The highest BCUT2D eigenvalue weighted by molar-refractivity contribution is 5.76. The fraction of sp³-hybridized carbons (Fsp3) is 0.526. The topological polar surface area (TPSA) is 90.6 Å². The van der Waals surface area contributed by atoms with E-state index in [4.69, 9.17) is 15.2 Å². The van der Waals surface area contributed by atoms with E-state index in [9.17, 15) is 4.79 Å². The lowest BCUT2D eigenvalue weighted by atomic mass is 10.0. The Hall–Kier alpha value is -2.57. The van der Waals surface area contributed by atoms with E-state index >= 15 is 0 Å². The van der Waals surface area contributed by atoms with Gasteiger partial charge in [-0.05, 0) is 52.2 Å². The smallest absolute Gasteiger partial charge is 0.410 e. The third kappa shape index (κ3) is 4.33. The molecule has 2 aromatic rings. The minimum atomic E-state index is -0.520. The molecule has 7 heteroatoms. The fourth-order valence-corrected chi connectivity index (χ4v) is 3.01. The second kappa shape index (κ2) is 7.35. The average molecular weight is 358 g/mol. The molecule has 0 bridgehead atoms. The molecule has 7 nitrogen and oxygen atoms in total. The summed E-state index contributed by atoms with van der Waals surface area (Å²) in [7, 11) is 0. The van der Waals surface area contributed by atoms with Crippen LogP contribution >= 0.6 is 0 Å². The molecule has 140 valence electrons. The summed E-state index contributed by atoms with van der Waals surface area (Å²) < 4.78 is 11.4. The first kappa shape index (κ1) is 18.2. The number of carbonyl (C=O) groups is 1. The van der Waals surface area contributed by atoms with Crippen molar-refractivity contribution in [1.29, 1.82) is 0 Å². The van der Waals surface area contributed by atoms with Crippen LogP contribution < -0.4 is 10.5 Å². The molecule has 2 heterocycles. The minimum Gasteiger partial charge on any atom is -0.473 e. The van der Waals surface area contributed by atoms with Gasteiger partial charge in [0.05, 0.1) is 17.1 Å². The summed E-state index contributed by atoms with van der Waals surface area (Å²) in [6, 6.07) is 7.43. The maximum absolute atomic E-state index is 12.5. The van der Waals surface area contributed by atoms with E-state index in [2.05, 4.69) is 9.97 Å². The Morgan fingerprint density at radius 2 is 1.92 bits per heavy atom. The second-order valence-electron chi connectivity index (χ2n) is 7.54. The highest BCUT2D eigenvalue weighted by Crippen LogP contribution is 2.24. The van der Waals surface area contributed by atoms with E-state index in [1.165, 1.54) is 0 Å². The number of piperidine rings is 1. The third-order valence-electron chi connectivity index (χ3n) is 4.23. The van der Waals surface area contributed by atoms with Gasteiger partial charge in [0.15, 0.2) is 5.82 Å². The van der Waals surface area contributed by atoms with Crippen molar-refractivity contribution in [3.63, 3.8) is 0 Å². The van der Waals surface area contributed by atoms with Crippen molar-refractivity contribution < 1.29 is 14.3 Å². The summed E-state index contributed by atoms with van der Waals surface area (Å²) in [5, 5.41) is 0. The van der Waals surface area contributed by atoms with Gasteiger partial charge in [-0.2, -0.15) is 0 Å². The van der Waals surface area contributed by atoms with Gasteiger partial charge in [-0.1, -0.05) is 12.1 Å². The molecule has 1 fully saturated rings. The first-order valence-corrected chi connectivity index (χ1v) is 8.98. The molecule has 0 radical (unpaired) electrons. The standard InChI is InChI=1S/C19H26N4O3/c1-19(2,3)26-18(24)23-11-7-6-8-13(23)12-25-17-16(20)21-14-9-4-5-10-15(14)22-17/h4-5,9-10,13H,6-8,11-12H2,1-3H3,(H2,20,21)/t13-/m1/s1. The van der Waals surface area contributed by atoms with Crippen LogP contribution in [-0.2, 0) is 4.74 Å². The van der Waals surface area contributed by atoms with Crippen LogP contribution in [0.5, 0.6) is 5.88 Å². The Morgan fingerprint density at radius 3 is 2.62 bits per heavy atom. The molecule has 1 saturated heterocycles. The first-order valence-electron chi connectivity index (χ1n) is 8.98. The van der Waals surface area contributed by atoms with Crippen molar-refractivity contribution in [2.75, 3.05) is 18.9 Å². The molecule has 0 unspecified atom stereocenters. The van der Waals surface area contributed by atoms with Gasteiger partial charge in [0.2, 0.25) is 0 Å². The number of anilines is 1. The van der Waals surface area contributed by atoms with Crippen molar-refractivity contribution in [3.05, 3.63) is 24.3 Å². The van der Waals surface area contributed by atoms with Crippen LogP contribution in [0.15, 0.2) is 24.3 Å². The van der Waals surface area contributed by atoms with Crippen LogP contribution in [0.25, 0.3) is 11.0 Å². The Labute approximate surface area is 153 Å². The van der Waals surface area contributed by atoms with Crippen LogP contribution in [0.4, 0.5) is 10.6 Å². The quantitative estimate of drug-likeness (QED) is 0.904. The summed E-state index contributed by atoms with van der Waals surface area (Å²) in [6.45, 7) is 6.58. The molecular weight excluding hydrogens is 332 g/mol. The zero-order valence-electron chi connectivity index (χ0n) is 15.6. The number of nitrogens with zero attached hydrogens (tertiary/aromatic N) is 3. The lowest BCUT2D eigenvalue weighted by Crippen LogP contribution is -2.48. The highest BCUT2D eigenvalue weighted by Gasteiger charge is 2.31. The molecule has 0 saturated carbocycles. The molecular formula is C19H26N4O3. The van der Waals surface area contributed by atoms with Gasteiger partial charge in [0.1, 0.15) is 12.2 Å². The molecule has 1 aromatic carbocycles. The van der Waals surface area contributed by atoms with Crippen molar-refractivity contribution in [2.45, 2.75) is 51.7 Å². The van der Waals surface area contributed by atoms with Gasteiger partial charge in [0, 0.05) is 6.54 Å². The Bertz CT molecular complexity index is 788. The molecule has 2 N–H and O–H groups in total. The summed E-state index contributed by atoms with van der Waals surface area (Å²) in [5.41, 5.74) is 6.91. The maximum Gasteiger partial charge on any atom is 0.410 e. The fourth-order valence-electron chi connectivity index (χ4n) is 3.01. The lowest BCUT2D eigenvalue weighted by molar-refractivity contribution is 0.00341. The summed E-state index contributed by atoms with van der Waals surface area (Å²) in [6.07, 6.45) is 2.57. The number of aromatic nitrogens is 2. The van der Waals surface area contributed by atoms with Gasteiger partial charge < -0.3 is 20.1 Å². The highest BCUT2D eigenvalue weighted by atomic mass is 16.6. The largest absolute Gasteiger partial charge is 0.473 e. The first-order chi connectivity index (χ1) is 12.3. The van der Waals surface area contributed by atoms with E-state index in [-0.39, 0.29) is 18.0 Å². The third-order valence-corrected chi connectivity index (χ3v) is 4.23. The van der Waals surface area contributed by atoms with Crippen LogP contribution in [0, 0.1) is 0 Å². The number of ether oxygens (including phenoxy) is 2. The summed E-state index contributed by atoms with van der Waals surface area (Å²) in [4.78, 5) is 23.0. The van der Waals surface area contributed by atoms with E-state index in [1.807, 2.05) is 45.0 Å². The summed E-state index contributed by atoms with van der Waals surface area (Å²) >= 11 is 0. The zero-order valence-corrected chi connectivity index (χ0v) is 15.6. The van der Waals surface area contributed by atoms with Crippen LogP contribution in [0.2, 0.25) is 0 Å². The van der Waals surface area contributed by atoms with Crippen molar-refractivity contribution in [1.82, 2.24) is 14.9 Å². The van der Waals surface area contributed by atoms with Gasteiger partial charge in [-0.15, -0.1) is 0 Å². The number of carbonyl (C=O) groups excluding carboxylic acids is 1. The number of benzene rings is 1. The Balaban J connectivity index is 1.70. The number of likely N-dealkylation sites (tertiary alicyclic amines) is 1. The monoisotopic (exact) mass is 358 g/mol. The van der Waals surface area contributed by atoms with Gasteiger partial charge >= 0.3 is 6.09 Å². The number of nitrogen functional groups attached to an aromatic ring is 1. The number of hydrogen-bond acceptors (Lipinski definition) is 6. The second-order valence-corrected chi connectivity index (χ2v) is 7.54. The van der Waals surface area contributed by atoms with E-state index < -0.39 is 5.60 Å². The van der Waals surface area contributed by atoms with Crippen LogP contribution in [0.1, 0.15) is 40.0 Å². The Kier molecular flexibility index (Phi) is 5.15. The van der Waals surface area contributed by atoms with E-state index in [1.54, 1.807) is 4.90 Å². The molecule has 0 aliphatic carbocycles. The number of fused-ring (bicyclic) bond motifs is 1. The number of nitrogens with two attached hydrogens (primary N) is 1. The minimum absolute atomic E-state index is 0.0636. The number of hydrogen-bond donors (Lipinski definition) is 1. The van der Waals surface area contributed by atoms with Gasteiger partial charge in [-0.3, -0.25) is 0 Å². The molecule has 1 atom stereocenters. The van der Waals surface area contributed by atoms with Gasteiger partial charge in [-0.25, -0.2) is 14.8 Å². The average Bonchev–Trinajstić information content (AvgIpc) is 2.58. The van der Waals surface area contributed by atoms with E-state index in [0.29, 0.717) is 19.0 Å². The summed E-state index contributed by atoms with van der Waals surface area (Å²) in [5.74, 6) is 0.557. The lowest BCUT2D eigenvalue weighted by Gasteiger charge is -2.36. The molecule has 1 aliphatic rings. The van der Waals surface area contributed by atoms with Crippen LogP contribution in [-0.4, -0.2) is 45.8 Å². The SMILES string of the molecule is CC(C)(C)OC(=O)N1CCCC[C@@H]1COc1nc2ccccc2nc1N. The van der Waals surface area contributed by atoms with E-state index in [0.717, 1.165) is 30.3 Å². The number of para-hydroxylation sites is 2. The number of rotatable bonds is 3. The predicted molar refractivity (Wildman–Crippen MR) is 100 cm³/mol. The predicted octanol–water partition coefficient (Wildman–Crippen LogP) is 3.38. The molecule has 1 aromatic heterocycles. The maximum atomic E-state index is 12.5. The molecule has 26 heavy (non-hydrogen) atoms. The van der Waals surface area contributed by atoms with Crippen LogP contribution in [0.3, 0.4) is 0 Å². The normalized spacial score (nSPS) is 18.0. The molecule has 0 spiro atoms. The van der Waals surface area contributed by atoms with Gasteiger partial charge in [0.25, 0.3) is 5.88 Å². The molecule has 3 rings (SSSR count). The van der Waals surface area contributed by atoms with Crippen molar-refractivity contribution in [3.8, 4) is 5.88 Å². The molecule has 1 amide bonds. The Morgan fingerprint density at radius 1 is 1.23 bits per heavy atom. The molecule has 1 aliphatic heterocycles. The number of amides is 1. The zero-order chi connectivity index (χ0) is 18.7. The van der Waals surface area contributed by atoms with Crippen molar-refractivity contribution >= 4 is 22.9 Å². The van der Waals surface area contributed by atoms with Crippen molar-refractivity contribution in [2.24, 2.45) is 0 Å².